The van der Waals surface area contributed by atoms with Crippen molar-refractivity contribution >= 4 is 17.8 Å². The fourth-order valence-electron chi connectivity index (χ4n) is 3.49. The monoisotopic (exact) mass is 294 g/mol. The lowest BCUT2D eigenvalue weighted by Crippen LogP contribution is -2.48. The van der Waals surface area contributed by atoms with Crippen LogP contribution in [0.25, 0.3) is 0 Å². The van der Waals surface area contributed by atoms with Crippen molar-refractivity contribution in [2.75, 3.05) is 13.1 Å². The molecule has 21 heavy (non-hydrogen) atoms. The predicted octanol–water partition coefficient (Wildman–Crippen LogP) is -0.635. The van der Waals surface area contributed by atoms with Crippen LogP contribution in [0.4, 0.5) is 0 Å². The van der Waals surface area contributed by atoms with Gasteiger partial charge in [-0.15, -0.1) is 0 Å². The third-order valence-corrected chi connectivity index (χ3v) is 4.68. The fraction of sp³-hybridized carbons (Fsp3) is 0.643. The van der Waals surface area contributed by atoms with E-state index in [1.165, 1.54) is 0 Å². The molecule has 3 aliphatic heterocycles. The summed E-state index contributed by atoms with van der Waals surface area (Å²) < 4.78 is 5.52. The van der Waals surface area contributed by atoms with E-state index in [4.69, 9.17) is 10.5 Å². The van der Waals surface area contributed by atoms with Crippen LogP contribution in [0.3, 0.4) is 0 Å². The lowest BCUT2D eigenvalue weighted by atomic mass is 9.81. The maximum atomic E-state index is 12.6. The summed E-state index contributed by atoms with van der Waals surface area (Å²) in [6, 6.07) is 0. The van der Waals surface area contributed by atoms with Gasteiger partial charge in [0.05, 0.1) is 18.1 Å². The van der Waals surface area contributed by atoms with E-state index in [-0.39, 0.29) is 17.7 Å². The molecule has 4 atom stereocenters. The number of ether oxygens (including phenoxy) is 1. The van der Waals surface area contributed by atoms with Gasteiger partial charge in [0.1, 0.15) is 5.92 Å². The van der Waals surface area contributed by atoms with E-state index in [9.17, 15) is 19.5 Å². The molecule has 0 unspecified atom stereocenters. The van der Waals surface area contributed by atoms with Gasteiger partial charge in [-0.25, -0.2) is 0 Å². The van der Waals surface area contributed by atoms with Crippen molar-refractivity contribution in [2.24, 2.45) is 23.5 Å². The quantitative estimate of drug-likeness (QED) is 0.673. The van der Waals surface area contributed by atoms with Gasteiger partial charge in [0.25, 0.3) is 0 Å². The zero-order valence-corrected chi connectivity index (χ0v) is 11.5. The summed E-state index contributed by atoms with van der Waals surface area (Å²) in [5.74, 6) is -3.21. The Morgan fingerprint density at radius 2 is 1.67 bits per heavy atom. The number of nitrogens with zero attached hydrogens (tertiary/aromatic N) is 1. The molecule has 2 fully saturated rings. The van der Waals surface area contributed by atoms with Crippen LogP contribution < -0.4 is 5.73 Å². The Morgan fingerprint density at radius 3 is 2.19 bits per heavy atom. The number of fused-ring (bicyclic) bond motifs is 2. The first-order valence-electron chi connectivity index (χ1n) is 7.13. The highest BCUT2D eigenvalue weighted by atomic mass is 16.5. The van der Waals surface area contributed by atoms with Crippen molar-refractivity contribution in [2.45, 2.75) is 25.0 Å². The Bertz CT molecular complexity index is 509. The molecule has 3 N–H and O–H groups in total. The van der Waals surface area contributed by atoms with Crippen molar-refractivity contribution in [1.29, 1.82) is 0 Å². The number of piperidine rings is 1. The summed E-state index contributed by atoms with van der Waals surface area (Å²) in [5, 5.41) is 9.32. The normalized spacial score (nSPS) is 35.1. The Morgan fingerprint density at radius 1 is 1.10 bits per heavy atom. The number of carboxylic acid groups (broad SMARTS) is 1. The molecule has 0 aromatic rings. The zero-order chi connectivity index (χ0) is 15.1. The van der Waals surface area contributed by atoms with Gasteiger partial charge in [0, 0.05) is 19.0 Å². The minimum atomic E-state index is -1.00. The van der Waals surface area contributed by atoms with Gasteiger partial charge in [0.15, 0.2) is 0 Å². The molecule has 2 amide bonds. The van der Waals surface area contributed by atoms with Gasteiger partial charge in [-0.2, -0.15) is 0 Å². The first-order chi connectivity index (χ1) is 9.99. The van der Waals surface area contributed by atoms with Gasteiger partial charge < -0.3 is 20.5 Å². The standard InChI is InChI=1S/C14H18N2O5/c15-12(17)7-3-5-16(6-4-7)13(18)10-8-1-2-9(21-8)11(10)14(19)20/h1-2,7-11H,3-6H2,(H2,15,17)(H,19,20)/t8-,9-,10+,11-/m1/s1. The number of carboxylic acids is 1. The highest BCUT2D eigenvalue weighted by Crippen LogP contribution is 2.40. The first-order valence-corrected chi connectivity index (χ1v) is 7.13. The molecule has 0 saturated carbocycles. The van der Waals surface area contributed by atoms with E-state index in [0.29, 0.717) is 25.9 Å². The minimum Gasteiger partial charge on any atom is -0.481 e. The van der Waals surface area contributed by atoms with E-state index < -0.39 is 30.0 Å². The fourth-order valence-corrected chi connectivity index (χ4v) is 3.49. The molecular formula is C14H18N2O5. The molecule has 0 spiro atoms. The molecule has 3 heterocycles. The molecule has 2 bridgehead atoms. The molecular weight excluding hydrogens is 276 g/mol. The first kappa shape index (κ1) is 14.1. The summed E-state index contributed by atoms with van der Waals surface area (Å²) in [5.41, 5.74) is 5.27. The molecule has 7 heteroatoms. The van der Waals surface area contributed by atoms with Gasteiger partial charge in [-0.05, 0) is 12.8 Å². The van der Waals surface area contributed by atoms with E-state index >= 15 is 0 Å². The average Bonchev–Trinajstić information content (AvgIpc) is 3.07. The van der Waals surface area contributed by atoms with E-state index in [2.05, 4.69) is 0 Å². The number of likely N-dealkylation sites (tertiary alicyclic amines) is 1. The average molecular weight is 294 g/mol. The number of carbonyl (C=O) groups is 3. The summed E-state index contributed by atoms with van der Waals surface area (Å²) in [4.78, 5) is 36.8. The predicted molar refractivity (Wildman–Crippen MR) is 70.9 cm³/mol. The number of primary amides is 1. The van der Waals surface area contributed by atoms with Gasteiger partial charge >= 0.3 is 5.97 Å². The molecule has 0 radical (unpaired) electrons. The Hall–Kier alpha value is -1.89. The molecule has 3 rings (SSSR count). The van der Waals surface area contributed by atoms with Crippen molar-refractivity contribution in [3.05, 3.63) is 12.2 Å². The summed E-state index contributed by atoms with van der Waals surface area (Å²) in [7, 11) is 0. The number of nitrogens with two attached hydrogens (primary N) is 1. The second-order valence-corrected chi connectivity index (χ2v) is 5.84. The highest BCUT2D eigenvalue weighted by molar-refractivity contribution is 5.87. The third-order valence-electron chi connectivity index (χ3n) is 4.68. The van der Waals surface area contributed by atoms with E-state index in [1.54, 1.807) is 17.1 Å². The van der Waals surface area contributed by atoms with Crippen LogP contribution in [0.5, 0.6) is 0 Å². The number of hydrogen-bond donors (Lipinski definition) is 2. The molecule has 0 aromatic heterocycles. The molecule has 7 nitrogen and oxygen atoms in total. The Balaban J connectivity index is 1.70. The number of amides is 2. The van der Waals surface area contributed by atoms with Crippen LogP contribution >= 0.6 is 0 Å². The molecule has 0 aliphatic carbocycles. The second kappa shape index (κ2) is 5.14. The van der Waals surface area contributed by atoms with Gasteiger partial charge in [0.2, 0.25) is 11.8 Å². The zero-order valence-electron chi connectivity index (χ0n) is 11.5. The number of carbonyl (C=O) groups excluding carboxylic acids is 2. The minimum absolute atomic E-state index is 0.192. The topological polar surface area (TPSA) is 110 Å². The smallest absolute Gasteiger partial charge is 0.310 e. The maximum absolute atomic E-state index is 12.6. The maximum Gasteiger partial charge on any atom is 0.310 e. The van der Waals surface area contributed by atoms with Crippen LogP contribution in [0, 0.1) is 17.8 Å². The van der Waals surface area contributed by atoms with Crippen LogP contribution in [0.15, 0.2) is 12.2 Å². The van der Waals surface area contributed by atoms with Crippen molar-refractivity contribution in [3.8, 4) is 0 Å². The second-order valence-electron chi connectivity index (χ2n) is 5.84. The lowest BCUT2D eigenvalue weighted by molar-refractivity contribution is -0.150. The van der Waals surface area contributed by atoms with Crippen LogP contribution in [0.2, 0.25) is 0 Å². The molecule has 114 valence electrons. The highest BCUT2D eigenvalue weighted by Gasteiger charge is 2.54. The Labute approximate surface area is 121 Å². The third kappa shape index (κ3) is 2.31. The molecule has 0 aromatic carbocycles. The van der Waals surface area contributed by atoms with Gasteiger partial charge in [-0.1, -0.05) is 12.2 Å². The largest absolute Gasteiger partial charge is 0.481 e. The lowest BCUT2D eigenvalue weighted by Gasteiger charge is -2.34. The van der Waals surface area contributed by atoms with Gasteiger partial charge in [-0.3, -0.25) is 14.4 Å². The van der Waals surface area contributed by atoms with Crippen molar-refractivity contribution in [3.63, 3.8) is 0 Å². The summed E-state index contributed by atoms with van der Waals surface area (Å²) in [6.07, 6.45) is 3.60. The number of hydrogen-bond acceptors (Lipinski definition) is 4. The molecule has 3 aliphatic rings. The summed E-state index contributed by atoms with van der Waals surface area (Å²) >= 11 is 0. The van der Waals surface area contributed by atoms with Crippen LogP contribution in [0.1, 0.15) is 12.8 Å². The summed E-state index contributed by atoms with van der Waals surface area (Å²) in [6.45, 7) is 0.882. The van der Waals surface area contributed by atoms with Crippen LogP contribution in [-0.2, 0) is 19.1 Å². The SMILES string of the molecule is NC(=O)C1CCN(C(=O)[C@@H]2[C@H](C(=O)O)[C@H]3C=C[C@H]2O3)CC1. The van der Waals surface area contributed by atoms with Crippen LogP contribution in [-0.4, -0.2) is 53.1 Å². The van der Waals surface area contributed by atoms with E-state index in [0.717, 1.165) is 0 Å². The van der Waals surface area contributed by atoms with Crippen molar-refractivity contribution < 1.29 is 24.2 Å². The Kier molecular flexibility index (Phi) is 3.44. The number of rotatable bonds is 3. The molecule has 2 saturated heterocycles. The van der Waals surface area contributed by atoms with Crippen molar-refractivity contribution in [1.82, 2.24) is 4.90 Å². The van der Waals surface area contributed by atoms with E-state index in [1.807, 2.05) is 0 Å². The number of aliphatic carboxylic acids is 1.